The minimum atomic E-state index is 0.543. The number of anilines is 1. The molecule has 0 radical (unpaired) electrons. The van der Waals surface area contributed by atoms with Crippen LogP contribution < -0.4 is 5.32 Å². The van der Waals surface area contributed by atoms with E-state index >= 15 is 0 Å². The molecule has 0 spiro atoms. The van der Waals surface area contributed by atoms with E-state index in [1.807, 2.05) is 0 Å². The fourth-order valence-electron chi connectivity index (χ4n) is 3.69. The van der Waals surface area contributed by atoms with Gasteiger partial charge in [0, 0.05) is 12.5 Å². The van der Waals surface area contributed by atoms with E-state index in [0.29, 0.717) is 12.0 Å². The molecule has 3 unspecified atom stereocenters. The fourth-order valence-corrected chi connectivity index (χ4v) is 4.48. The molecule has 4 heteroatoms. The monoisotopic (exact) mass is 325 g/mol. The van der Waals surface area contributed by atoms with Crippen LogP contribution in [0.15, 0.2) is 4.47 Å². The van der Waals surface area contributed by atoms with Gasteiger partial charge in [0.15, 0.2) is 0 Å². The van der Waals surface area contributed by atoms with Crippen LogP contribution in [-0.4, -0.2) is 16.3 Å². The zero-order valence-corrected chi connectivity index (χ0v) is 13.5. The van der Waals surface area contributed by atoms with Gasteiger partial charge in [0.25, 0.3) is 0 Å². The van der Waals surface area contributed by atoms with Gasteiger partial charge in [-0.3, -0.25) is 0 Å². The van der Waals surface area contributed by atoms with Crippen LogP contribution >= 0.6 is 15.9 Å². The highest BCUT2D eigenvalue weighted by Crippen LogP contribution is 2.43. The van der Waals surface area contributed by atoms with Crippen molar-refractivity contribution in [3.63, 3.8) is 0 Å². The summed E-state index contributed by atoms with van der Waals surface area (Å²) in [7, 11) is 0. The molecule has 1 aromatic heterocycles. The molecule has 0 aromatic carbocycles. The van der Waals surface area contributed by atoms with Crippen LogP contribution in [0, 0.1) is 5.92 Å². The lowest BCUT2D eigenvalue weighted by Gasteiger charge is -2.37. The largest absolute Gasteiger partial charge is 0.369 e. The molecular weight excluding hydrogens is 302 g/mol. The van der Waals surface area contributed by atoms with Crippen molar-refractivity contribution in [2.75, 3.05) is 11.9 Å². The topological polar surface area (TPSA) is 29.9 Å². The molecule has 2 aliphatic rings. The van der Waals surface area contributed by atoms with Gasteiger partial charge in [-0.25, -0.2) is 4.68 Å². The molecule has 0 bridgehead atoms. The lowest BCUT2D eigenvalue weighted by Crippen LogP contribution is -2.35. The molecule has 0 saturated heterocycles. The number of aromatic nitrogens is 2. The molecular formula is C15H24BrN3. The van der Waals surface area contributed by atoms with E-state index < -0.39 is 0 Å². The molecule has 2 heterocycles. The van der Waals surface area contributed by atoms with E-state index in [0.717, 1.165) is 12.5 Å². The van der Waals surface area contributed by atoms with Crippen molar-refractivity contribution in [1.82, 2.24) is 9.78 Å². The third kappa shape index (κ3) is 2.32. The Bertz CT molecular complexity index is 454. The zero-order chi connectivity index (χ0) is 13.4. The summed E-state index contributed by atoms with van der Waals surface area (Å²) < 4.78 is 3.50. The van der Waals surface area contributed by atoms with Crippen molar-refractivity contribution < 1.29 is 0 Å². The Morgan fingerprint density at radius 3 is 3.00 bits per heavy atom. The first-order valence-electron chi connectivity index (χ1n) is 7.74. The van der Waals surface area contributed by atoms with Crippen LogP contribution in [0.25, 0.3) is 0 Å². The van der Waals surface area contributed by atoms with E-state index in [9.17, 15) is 0 Å². The predicted molar refractivity (Wildman–Crippen MR) is 82.7 cm³/mol. The Morgan fingerprint density at radius 1 is 1.42 bits per heavy atom. The number of hydrogen-bond acceptors (Lipinski definition) is 2. The van der Waals surface area contributed by atoms with Crippen LogP contribution in [0.4, 0.5) is 5.82 Å². The van der Waals surface area contributed by atoms with Crippen LogP contribution in [0.1, 0.15) is 70.0 Å². The highest BCUT2D eigenvalue weighted by molar-refractivity contribution is 9.10. The van der Waals surface area contributed by atoms with E-state index in [1.165, 1.54) is 54.5 Å². The smallest absolute Gasteiger partial charge is 0.139 e. The molecule has 1 N–H and O–H groups in total. The standard InChI is InChI=1S/C15H24BrN3/c1-3-6-10(2)14-13(16)15-17-9-11-7-4-5-8-12(11)19(15)18-14/h10-12,17H,3-9H2,1-2H3. The van der Waals surface area contributed by atoms with Gasteiger partial charge >= 0.3 is 0 Å². The first-order chi connectivity index (χ1) is 9.22. The summed E-state index contributed by atoms with van der Waals surface area (Å²) >= 11 is 3.78. The number of nitrogens with one attached hydrogen (secondary N) is 1. The number of halogens is 1. The maximum Gasteiger partial charge on any atom is 0.139 e. The van der Waals surface area contributed by atoms with Gasteiger partial charge in [-0.05, 0) is 41.1 Å². The molecule has 1 aliphatic carbocycles. The van der Waals surface area contributed by atoms with Crippen LogP contribution in [0.5, 0.6) is 0 Å². The van der Waals surface area contributed by atoms with Gasteiger partial charge in [-0.2, -0.15) is 5.10 Å². The number of nitrogens with zero attached hydrogens (tertiary/aromatic N) is 2. The summed E-state index contributed by atoms with van der Waals surface area (Å²) in [4.78, 5) is 0. The molecule has 1 aliphatic heterocycles. The predicted octanol–water partition coefficient (Wildman–Crippen LogP) is 4.71. The molecule has 1 saturated carbocycles. The number of hydrogen-bond donors (Lipinski definition) is 1. The molecule has 3 rings (SSSR count). The Labute approximate surface area is 124 Å². The molecule has 1 aromatic rings. The summed E-state index contributed by atoms with van der Waals surface area (Å²) in [5.41, 5.74) is 1.25. The average molecular weight is 326 g/mol. The lowest BCUT2D eigenvalue weighted by molar-refractivity contribution is 0.221. The molecule has 3 nitrogen and oxygen atoms in total. The molecule has 19 heavy (non-hydrogen) atoms. The van der Waals surface area contributed by atoms with Crippen molar-refractivity contribution in [2.24, 2.45) is 5.92 Å². The van der Waals surface area contributed by atoms with E-state index in [-0.39, 0.29) is 0 Å². The normalized spacial score (nSPS) is 27.3. The first kappa shape index (κ1) is 13.5. The van der Waals surface area contributed by atoms with Gasteiger partial charge in [0.05, 0.1) is 16.2 Å². The van der Waals surface area contributed by atoms with Crippen molar-refractivity contribution in [1.29, 1.82) is 0 Å². The SMILES string of the molecule is CCCC(C)c1nn2c(c1Br)NCC1CCCCC12. The molecule has 3 atom stereocenters. The van der Waals surface area contributed by atoms with Crippen molar-refractivity contribution in [3.8, 4) is 0 Å². The summed E-state index contributed by atoms with van der Waals surface area (Å²) in [5.74, 6) is 2.55. The Balaban J connectivity index is 1.93. The second-order valence-corrected chi connectivity index (χ2v) is 6.97. The van der Waals surface area contributed by atoms with Crippen LogP contribution in [-0.2, 0) is 0 Å². The van der Waals surface area contributed by atoms with Gasteiger partial charge in [-0.15, -0.1) is 0 Å². The van der Waals surface area contributed by atoms with Crippen LogP contribution in [0.2, 0.25) is 0 Å². The van der Waals surface area contributed by atoms with Gasteiger partial charge < -0.3 is 5.32 Å². The third-order valence-electron chi connectivity index (χ3n) is 4.78. The quantitative estimate of drug-likeness (QED) is 0.872. The number of rotatable bonds is 3. The maximum absolute atomic E-state index is 4.96. The maximum atomic E-state index is 4.96. The first-order valence-corrected chi connectivity index (χ1v) is 8.53. The van der Waals surface area contributed by atoms with Crippen LogP contribution in [0.3, 0.4) is 0 Å². The molecule has 1 fully saturated rings. The highest BCUT2D eigenvalue weighted by Gasteiger charge is 2.34. The second-order valence-electron chi connectivity index (χ2n) is 6.17. The van der Waals surface area contributed by atoms with E-state index in [4.69, 9.17) is 5.10 Å². The summed E-state index contributed by atoms with van der Waals surface area (Å²) in [6.07, 6.45) is 7.83. The lowest BCUT2D eigenvalue weighted by atomic mass is 9.83. The highest BCUT2D eigenvalue weighted by atomic mass is 79.9. The molecule has 106 valence electrons. The van der Waals surface area contributed by atoms with Gasteiger partial charge in [0.2, 0.25) is 0 Å². The van der Waals surface area contributed by atoms with Gasteiger partial charge in [-0.1, -0.05) is 33.1 Å². The molecule has 0 amide bonds. The number of fused-ring (bicyclic) bond motifs is 3. The zero-order valence-electron chi connectivity index (χ0n) is 12.0. The van der Waals surface area contributed by atoms with Gasteiger partial charge in [0.1, 0.15) is 5.82 Å². The van der Waals surface area contributed by atoms with Crippen molar-refractivity contribution in [3.05, 3.63) is 10.2 Å². The van der Waals surface area contributed by atoms with E-state index in [2.05, 4.69) is 39.8 Å². The fraction of sp³-hybridized carbons (Fsp3) is 0.800. The Kier molecular flexibility index (Phi) is 3.88. The third-order valence-corrected chi connectivity index (χ3v) is 5.56. The van der Waals surface area contributed by atoms with E-state index in [1.54, 1.807) is 0 Å². The summed E-state index contributed by atoms with van der Waals surface area (Å²) in [6, 6.07) is 0.629. The van der Waals surface area contributed by atoms with Crippen molar-refractivity contribution >= 4 is 21.7 Å². The average Bonchev–Trinajstić information content (AvgIpc) is 2.77. The summed E-state index contributed by atoms with van der Waals surface area (Å²) in [5, 5.41) is 8.56. The summed E-state index contributed by atoms with van der Waals surface area (Å²) in [6.45, 7) is 5.66. The Morgan fingerprint density at radius 2 is 2.21 bits per heavy atom. The second kappa shape index (κ2) is 5.47. The Hall–Kier alpha value is -0.510. The minimum Gasteiger partial charge on any atom is -0.369 e. The minimum absolute atomic E-state index is 0.543. The van der Waals surface area contributed by atoms with Crippen molar-refractivity contribution in [2.45, 2.75) is 64.3 Å².